The Morgan fingerprint density at radius 3 is 2.75 bits per heavy atom. The van der Waals surface area contributed by atoms with Crippen molar-refractivity contribution in [1.82, 2.24) is 0 Å². The fourth-order valence-electron chi connectivity index (χ4n) is 3.50. The van der Waals surface area contributed by atoms with E-state index in [2.05, 4.69) is 42.5 Å². The van der Waals surface area contributed by atoms with Gasteiger partial charge in [0.2, 0.25) is 0 Å². The Morgan fingerprint density at radius 1 is 1.00 bits per heavy atom. The van der Waals surface area contributed by atoms with E-state index >= 15 is 0 Å². The van der Waals surface area contributed by atoms with Gasteiger partial charge in [-0.15, -0.1) is 0 Å². The van der Waals surface area contributed by atoms with Crippen LogP contribution in [0.5, 0.6) is 0 Å². The van der Waals surface area contributed by atoms with Crippen LogP contribution in [0, 0.1) is 0 Å². The van der Waals surface area contributed by atoms with Crippen LogP contribution in [-0.2, 0) is 12.8 Å². The molecule has 100 valence electrons. The number of rotatable bonds is 0. The molecular formula is C18H17NO. The van der Waals surface area contributed by atoms with Crippen LogP contribution < -0.4 is 5.73 Å². The highest BCUT2D eigenvalue weighted by molar-refractivity contribution is 5.79. The second-order valence-electron chi connectivity index (χ2n) is 5.69. The van der Waals surface area contributed by atoms with Gasteiger partial charge in [0.25, 0.3) is 0 Å². The van der Waals surface area contributed by atoms with Crippen LogP contribution in [0.25, 0.3) is 17.2 Å². The number of fused-ring (bicyclic) bond motifs is 5. The van der Waals surface area contributed by atoms with Crippen molar-refractivity contribution in [1.29, 1.82) is 0 Å². The van der Waals surface area contributed by atoms with Gasteiger partial charge in [0, 0.05) is 12.1 Å². The molecule has 20 heavy (non-hydrogen) atoms. The molecule has 0 saturated heterocycles. The summed E-state index contributed by atoms with van der Waals surface area (Å²) in [7, 11) is 0. The molecule has 4 rings (SSSR count). The molecule has 2 aliphatic rings. The monoisotopic (exact) mass is 263 g/mol. The van der Waals surface area contributed by atoms with Gasteiger partial charge in [-0.2, -0.15) is 0 Å². The normalized spacial score (nSPS) is 19.6. The maximum Gasteiger partial charge on any atom is 0.0850 e. The first-order valence-electron chi connectivity index (χ1n) is 7.12. The smallest absolute Gasteiger partial charge is 0.0850 e. The van der Waals surface area contributed by atoms with Crippen molar-refractivity contribution in [2.75, 3.05) is 0 Å². The van der Waals surface area contributed by atoms with Crippen LogP contribution in [0.4, 0.5) is 0 Å². The quantitative estimate of drug-likeness (QED) is 0.766. The Kier molecular flexibility index (Phi) is 2.48. The Morgan fingerprint density at radius 2 is 1.85 bits per heavy atom. The molecule has 0 aliphatic heterocycles. The van der Waals surface area contributed by atoms with Crippen LogP contribution in [-0.4, -0.2) is 5.11 Å². The standard InChI is InChI=1S/C18H17NO/c19-12-9-17-15-6-5-11-3-1-2-4-13(11)14(15)7-8-16(17)18(20)10-12/h1-4,7-9,18,20H,5-6,10,19H2. The minimum Gasteiger partial charge on any atom is -0.402 e. The Bertz CT molecular complexity index is 730. The molecule has 0 amide bonds. The van der Waals surface area contributed by atoms with Crippen molar-refractivity contribution in [3.05, 3.63) is 64.3 Å². The minimum absolute atomic E-state index is 0.461. The molecule has 2 nitrogen and oxygen atoms in total. The maximum atomic E-state index is 10.2. The summed E-state index contributed by atoms with van der Waals surface area (Å²) in [5.74, 6) is 0. The molecular weight excluding hydrogens is 246 g/mol. The molecule has 0 bridgehead atoms. The highest BCUT2D eigenvalue weighted by atomic mass is 16.3. The zero-order valence-electron chi connectivity index (χ0n) is 11.3. The second kappa shape index (κ2) is 4.22. The molecule has 3 N–H and O–H groups in total. The second-order valence-corrected chi connectivity index (χ2v) is 5.69. The highest BCUT2D eigenvalue weighted by Crippen LogP contribution is 2.40. The van der Waals surface area contributed by atoms with Gasteiger partial charge in [0.05, 0.1) is 6.10 Å². The van der Waals surface area contributed by atoms with E-state index in [1.165, 1.54) is 22.3 Å². The summed E-state index contributed by atoms with van der Waals surface area (Å²) < 4.78 is 0. The lowest BCUT2D eigenvalue weighted by atomic mass is 9.79. The SMILES string of the molecule is NC1=Cc2c(ccc3c2CCc2ccccc2-3)C(O)C1. The van der Waals surface area contributed by atoms with Crippen molar-refractivity contribution in [3.8, 4) is 11.1 Å². The van der Waals surface area contributed by atoms with E-state index in [4.69, 9.17) is 5.73 Å². The summed E-state index contributed by atoms with van der Waals surface area (Å²) >= 11 is 0. The first-order chi connectivity index (χ1) is 9.74. The van der Waals surface area contributed by atoms with Gasteiger partial charge in [-0.25, -0.2) is 0 Å². The van der Waals surface area contributed by atoms with Crippen LogP contribution in [0.15, 0.2) is 42.1 Å². The Labute approximate surface area is 118 Å². The highest BCUT2D eigenvalue weighted by Gasteiger charge is 2.24. The van der Waals surface area contributed by atoms with Gasteiger partial charge in [-0.3, -0.25) is 0 Å². The van der Waals surface area contributed by atoms with E-state index in [-0.39, 0.29) is 0 Å². The fraction of sp³-hybridized carbons (Fsp3) is 0.222. The number of nitrogens with two attached hydrogens (primary N) is 1. The van der Waals surface area contributed by atoms with Gasteiger partial charge in [-0.1, -0.05) is 36.4 Å². The van der Waals surface area contributed by atoms with Crippen LogP contribution in [0.1, 0.15) is 34.8 Å². The molecule has 2 aliphatic carbocycles. The Hall–Kier alpha value is -2.06. The predicted molar refractivity (Wildman–Crippen MR) is 81.0 cm³/mol. The molecule has 2 heteroatoms. The average molecular weight is 263 g/mol. The maximum absolute atomic E-state index is 10.2. The first-order valence-corrected chi connectivity index (χ1v) is 7.12. The molecule has 2 aromatic carbocycles. The lowest BCUT2D eigenvalue weighted by molar-refractivity contribution is 0.176. The first kappa shape index (κ1) is 11.7. The third-order valence-corrected chi connectivity index (χ3v) is 4.46. The zero-order chi connectivity index (χ0) is 13.7. The summed E-state index contributed by atoms with van der Waals surface area (Å²) in [6.07, 6.45) is 4.21. The lowest BCUT2D eigenvalue weighted by Gasteiger charge is -2.27. The number of aliphatic hydroxyl groups excluding tert-OH is 1. The minimum atomic E-state index is -0.461. The molecule has 0 aromatic heterocycles. The van der Waals surface area contributed by atoms with Crippen molar-refractivity contribution in [3.63, 3.8) is 0 Å². The van der Waals surface area contributed by atoms with Crippen molar-refractivity contribution in [2.45, 2.75) is 25.4 Å². The molecule has 2 aromatic rings. The number of hydrogen-bond donors (Lipinski definition) is 2. The molecule has 0 fully saturated rings. The van der Waals surface area contributed by atoms with Gasteiger partial charge >= 0.3 is 0 Å². The molecule has 0 saturated carbocycles. The summed E-state index contributed by atoms with van der Waals surface area (Å²) in [6, 6.07) is 12.8. The summed E-state index contributed by atoms with van der Waals surface area (Å²) in [5, 5.41) is 10.2. The van der Waals surface area contributed by atoms with Crippen LogP contribution in [0.3, 0.4) is 0 Å². The third kappa shape index (κ3) is 1.61. The molecule has 0 spiro atoms. The topological polar surface area (TPSA) is 46.2 Å². The van der Waals surface area contributed by atoms with Gasteiger partial charge in [-0.05, 0) is 52.3 Å². The number of aryl methyl sites for hydroxylation is 1. The summed E-state index contributed by atoms with van der Waals surface area (Å²) in [4.78, 5) is 0. The summed E-state index contributed by atoms with van der Waals surface area (Å²) in [5.41, 5.74) is 14.3. The third-order valence-electron chi connectivity index (χ3n) is 4.46. The zero-order valence-corrected chi connectivity index (χ0v) is 11.3. The predicted octanol–water partition coefficient (Wildman–Crippen LogP) is 3.19. The van der Waals surface area contributed by atoms with Gasteiger partial charge < -0.3 is 10.8 Å². The van der Waals surface area contributed by atoms with E-state index in [9.17, 15) is 5.11 Å². The van der Waals surface area contributed by atoms with E-state index in [0.717, 1.165) is 29.7 Å². The van der Waals surface area contributed by atoms with E-state index in [0.29, 0.717) is 6.42 Å². The number of benzene rings is 2. The largest absolute Gasteiger partial charge is 0.402 e. The molecule has 1 unspecified atom stereocenters. The van der Waals surface area contributed by atoms with Crippen LogP contribution in [0.2, 0.25) is 0 Å². The van der Waals surface area contributed by atoms with Crippen LogP contribution >= 0.6 is 0 Å². The van der Waals surface area contributed by atoms with Crippen molar-refractivity contribution in [2.24, 2.45) is 5.73 Å². The van der Waals surface area contributed by atoms with E-state index < -0.39 is 6.10 Å². The van der Waals surface area contributed by atoms with Crippen molar-refractivity contribution < 1.29 is 5.11 Å². The fourth-order valence-corrected chi connectivity index (χ4v) is 3.50. The summed E-state index contributed by atoms with van der Waals surface area (Å²) in [6.45, 7) is 0. The van der Waals surface area contributed by atoms with E-state index in [1.54, 1.807) is 0 Å². The average Bonchev–Trinajstić information content (AvgIpc) is 2.46. The lowest BCUT2D eigenvalue weighted by Crippen LogP contribution is -2.15. The number of aliphatic hydroxyl groups is 1. The number of hydrogen-bond acceptors (Lipinski definition) is 2. The van der Waals surface area contributed by atoms with Gasteiger partial charge in [0.15, 0.2) is 0 Å². The molecule has 0 radical (unpaired) electrons. The van der Waals surface area contributed by atoms with E-state index in [1.807, 2.05) is 0 Å². The molecule has 0 heterocycles. The van der Waals surface area contributed by atoms with Gasteiger partial charge in [0.1, 0.15) is 0 Å². The molecule has 1 atom stereocenters. The van der Waals surface area contributed by atoms with Crippen molar-refractivity contribution >= 4 is 6.08 Å². The Balaban J connectivity index is 1.99.